The van der Waals surface area contributed by atoms with Crippen molar-refractivity contribution in [3.8, 4) is 0 Å². The first-order valence-electron chi connectivity index (χ1n) is 11.6. The number of ether oxygens (including phenoxy) is 3. The first-order chi connectivity index (χ1) is 18.2. The van der Waals surface area contributed by atoms with Gasteiger partial charge in [-0.25, -0.2) is 9.59 Å². The number of carbonyl (C=O) groups excluding carboxylic acids is 2. The first kappa shape index (κ1) is 27.9. The second-order valence-electron chi connectivity index (χ2n) is 8.52. The third-order valence-corrected chi connectivity index (χ3v) is 7.78. The molecule has 38 heavy (non-hydrogen) atoms. The standard InChI is InChI=1S/C27H25BrO9S/c1-17-12-14-20(15-13-17)38(32,33)37-24-23(36-26(30)19-10-6-3-7-11-19)22(21(16-28)34-27(24)31)35-25(29)18-8-4-2-5-9-18/h2-15,21-24,27,31H,16H2,1H3. The zero-order valence-corrected chi connectivity index (χ0v) is 22.6. The number of aliphatic hydroxyl groups excluding tert-OH is 1. The van der Waals surface area contributed by atoms with Crippen molar-refractivity contribution in [1.82, 2.24) is 0 Å². The topological polar surface area (TPSA) is 125 Å². The predicted octanol–water partition coefficient (Wildman–Crippen LogP) is 3.63. The van der Waals surface area contributed by atoms with Gasteiger partial charge in [-0.3, -0.25) is 4.18 Å². The third-order valence-electron chi connectivity index (χ3n) is 5.81. The van der Waals surface area contributed by atoms with Crippen molar-refractivity contribution in [2.24, 2.45) is 0 Å². The van der Waals surface area contributed by atoms with E-state index in [-0.39, 0.29) is 21.4 Å². The number of halogens is 1. The summed E-state index contributed by atoms with van der Waals surface area (Å²) >= 11 is 3.26. The Balaban J connectivity index is 1.70. The number of aliphatic hydroxyl groups is 1. The van der Waals surface area contributed by atoms with Crippen LogP contribution >= 0.6 is 15.9 Å². The zero-order valence-electron chi connectivity index (χ0n) is 20.2. The number of hydrogen-bond acceptors (Lipinski definition) is 9. The molecule has 0 aliphatic carbocycles. The Bertz CT molecular complexity index is 1350. The molecule has 3 aromatic carbocycles. The van der Waals surface area contributed by atoms with E-state index in [0.29, 0.717) is 0 Å². The number of benzene rings is 3. The summed E-state index contributed by atoms with van der Waals surface area (Å²) in [4.78, 5) is 25.8. The normalized spacial score (nSPS) is 23.4. The Morgan fingerprint density at radius 2 is 1.32 bits per heavy atom. The van der Waals surface area contributed by atoms with Crippen molar-refractivity contribution < 1.29 is 41.5 Å². The van der Waals surface area contributed by atoms with E-state index >= 15 is 0 Å². The molecule has 4 rings (SSSR count). The molecule has 0 aromatic heterocycles. The average molecular weight is 605 g/mol. The largest absolute Gasteiger partial charge is 0.452 e. The monoisotopic (exact) mass is 604 g/mol. The van der Waals surface area contributed by atoms with Crippen LogP contribution in [-0.4, -0.2) is 61.5 Å². The van der Waals surface area contributed by atoms with Crippen molar-refractivity contribution >= 4 is 38.0 Å². The fourth-order valence-electron chi connectivity index (χ4n) is 3.84. The van der Waals surface area contributed by atoms with E-state index in [0.717, 1.165) is 5.56 Å². The van der Waals surface area contributed by atoms with Crippen molar-refractivity contribution in [1.29, 1.82) is 0 Å². The molecule has 9 nitrogen and oxygen atoms in total. The van der Waals surface area contributed by atoms with Gasteiger partial charge in [0.15, 0.2) is 24.6 Å². The number of rotatable bonds is 8. The maximum Gasteiger partial charge on any atom is 0.338 e. The van der Waals surface area contributed by atoms with Gasteiger partial charge in [-0.05, 0) is 43.3 Å². The van der Waals surface area contributed by atoms with Crippen LogP contribution in [0.15, 0.2) is 89.8 Å². The van der Waals surface area contributed by atoms with Crippen LogP contribution in [0.3, 0.4) is 0 Å². The van der Waals surface area contributed by atoms with E-state index in [1.807, 2.05) is 0 Å². The van der Waals surface area contributed by atoms with Crippen LogP contribution in [0.1, 0.15) is 26.3 Å². The SMILES string of the molecule is Cc1ccc(S(=O)(=O)OC2C(O)OC(CBr)C(OC(=O)c3ccccc3)C2OC(=O)c2ccccc2)cc1. The van der Waals surface area contributed by atoms with Crippen LogP contribution in [0, 0.1) is 6.92 Å². The minimum atomic E-state index is -4.45. The molecule has 5 unspecified atom stereocenters. The maximum atomic E-state index is 13.1. The molecule has 1 N–H and O–H groups in total. The van der Waals surface area contributed by atoms with Gasteiger partial charge in [0, 0.05) is 5.33 Å². The molecule has 0 radical (unpaired) electrons. The van der Waals surface area contributed by atoms with Crippen LogP contribution in [0.2, 0.25) is 0 Å². The highest BCUT2D eigenvalue weighted by Crippen LogP contribution is 2.32. The van der Waals surface area contributed by atoms with Gasteiger partial charge in [0.1, 0.15) is 6.10 Å². The summed E-state index contributed by atoms with van der Waals surface area (Å²) in [5, 5.41) is 10.8. The lowest BCUT2D eigenvalue weighted by Gasteiger charge is -2.42. The molecular formula is C27H25BrO9S. The van der Waals surface area contributed by atoms with Gasteiger partial charge < -0.3 is 19.3 Å². The smallest absolute Gasteiger partial charge is 0.338 e. The molecule has 3 aromatic rings. The minimum absolute atomic E-state index is 0.0631. The molecule has 1 aliphatic heterocycles. The van der Waals surface area contributed by atoms with Gasteiger partial charge in [-0.15, -0.1) is 0 Å². The first-order valence-corrected chi connectivity index (χ1v) is 14.1. The molecule has 1 fully saturated rings. The Morgan fingerprint density at radius 3 is 1.82 bits per heavy atom. The van der Waals surface area contributed by atoms with E-state index in [1.165, 1.54) is 36.4 Å². The second-order valence-corrected chi connectivity index (χ2v) is 10.7. The summed E-state index contributed by atoms with van der Waals surface area (Å²) in [7, 11) is -4.45. The van der Waals surface area contributed by atoms with Gasteiger partial charge in [0.25, 0.3) is 10.1 Å². The van der Waals surface area contributed by atoms with E-state index in [2.05, 4.69) is 15.9 Å². The van der Waals surface area contributed by atoms with Gasteiger partial charge in [0.05, 0.1) is 16.0 Å². The number of hydrogen-bond donors (Lipinski definition) is 1. The Kier molecular flexibility index (Phi) is 8.95. The Morgan fingerprint density at radius 1 is 0.816 bits per heavy atom. The second kappa shape index (κ2) is 12.2. The third kappa shape index (κ3) is 6.48. The van der Waals surface area contributed by atoms with Crippen LogP contribution in [-0.2, 0) is 28.5 Å². The van der Waals surface area contributed by atoms with E-state index < -0.39 is 52.8 Å². The Labute approximate surface area is 228 Å². The van der Waals surface area contributed by atoms with E-state index in [4.69, 9.17) is 18.4 Å². The molecule has 0 amide bonds. The quantitative estimate of drug-likeness (QED) is 0.233. The maximum absolute atomic E-state index is 13.1. The highest BCUT2D eigenvalue weighted by atomic mass is 79.9. The molecule has 11 heteroatoms. The van der Waals surface area contributed by atoms with Gasteiger partial charge in [-0.1, -0.05) is 70.0 Å². The molecular weight excluding hydrogens is 580 g/mol. The van der Waals surface area contributed by atoms with Crippen LogP contribution in [0.4, 0.5) is 0 Å². The van der Waals surface area contributed by atoms with Gasteiger partial charge in [0.2, 0.25) is 0 Å². The fraction of sp³-hybridized carbons (Fsp3) is 0.259. The van der Waals surface area contributed by atoms with Crippen LogP contribution in [0.5, 0.6) is 0 Å². The van der Waals surface area contributed by atoms with Crippen molar-refractivity contribution in [3.63, 3.8) is 0 Å². The lowest BCUT2D eigenvalue weighted by atomic mass is 9.99. The lowest BCUT2D eigenvalue weighted by Crippen LogP contribution is -2.61. The van der Waals surface area contributed by atoms with Crippen LogP contribution in [0.25, 0.3) is 0 Å². The number of carbonyl (C=O) groups is 2. The lowest BCUT2D eigenvalue weighted by molar-refractivity contribution is -0.268. The molecule has 0 bridgehead atoms. The molecule has 0 spiro atoms. The molecule has 5 atom stereocenters. The minimum Gasteiger partial charge on any atom is -0.452 e. The summed E-state index contributed by atoms with van der Waals surface area (Å²) in [6, 6.07) is 21.9. The summed E-state index contributed by atoms with van der Waals surface area (Å²) in [6.45, 7) is 1.79. The molecule has 1 aliphatic rings. The summed E-state index contributed by atoms with van der Waals surface area (Å²) in [5.74, 6) is -1.59. The number of aryl methyl sites for hydroxylation is 1. The highest BCUT2D eigenvalue weighted by Gasteiger charge is 2.52. The average Bonchev–Trinajstić information content (AvgIpc) is 2.93. The van der Waals surface area contributed by atoms with Crippen molar-refractivity contribution in [2.75, 3.05) is 5.33 Å². The van der Waals surface area contributed by atoms with Gasteiger partial charge >= 0.3 is 11.9 Å². The predicted molar refractivity (Wildman–Crippen MR) is 139 cm³/mol. The van der Waals surface area contributed by atoms with Crippen LogP contribution < -0.4 is 0 Å². The zero-order chi connectivity index (χ0) is 27.3. The van der Waals surface area contributed by atoms with E-state index in [9.17, 15) is 23.1 Å². The van der Waals surface area contributed by atoms with Crippen molar-refractivity contribution in [3.05, 3.63) is 102 Å². The number of alkyl halides is 1. The van der Waals surface area contributed by atoms with E-state index in [1.54, 1.807) is 55.5 Å². The molecule has 200 valence electrons. The molecule has 0 saturated carbocycles. The number of esters is 2. The highest BCUT2D eigenvalue weighted by molar-refractivity contribution is 9.09. The summed E-state index contributed by atoms with van der Waals surface area (Å²) in [6.07, 6.45) is -7.48. The Hall–Kier alpha value is -3.09. The van der Waals surface area contributed by atoms with Crippen molar-refractivity contribution in [2.45, 2.75) is 42.5 Å². The molecule has 1 heterocycles. The fourth-order valence-corrected chi connectivity index (χ4v) is 5.44. The van der Waals surface area contributed by atoms with Gasteiger partial charge in [-0.2, -0.15) is 8.42 Å². The summed E-state index contributed by atoms with van der Waals surface area (Å²) < 4.78 is 48.5. The molecule has 1 saturated heterocycles. The summed E-state index contributed by atoms with van der Waals surface area (Å²) in [5.41, 5.74) is 1.20.